The van der Waals surface area contributed by atoms with Crippen LogP contribution >= 0.6 is 0 Å². The molecule has 0 bridgehead atoms. The highest BCUT2D eigenvalue weighted by Gasteiger charge is 2.17. The first-order chi connectivity index (χ1) is 7.98. The summed E-state index contributed by atoms with van der Waals surface area (Å²) < 4.78 is 0. The molecule has 1 aromatic rings. The van der Waals surface area contributed by atoms with Gasteiger partial charge in [-0.15, -0.1) is 0 Å². The zero-order valence-corrected chi connectivity index (χ0v) is 11.3. The Labute approximate surface area is 105 Å². The van der Waals surface area contributed by atoms with E-state index in [0.717, 1.165) is 19.5 Å². The summed E-state index contributed by atoms with van der Waals surface area (Å²) in [4.78, 5) is 2.33. The standard InChI is InChI=1S/C15H22N2/c1-5-17(10-9-15(3,4)12-16)14-8-6-7-13(2)11-14/h6-8,11H,5,9-10H2,1-4H3. The summed E-state index contributed by atoms with van der Waals surface area (Å²) >= 11 is 0. The molecule has 0 unspecified atom stereocenters. The second kappa shape index (κ2) is 5.72. The van der Waals surface area contributed by atoms with Crippen molar-refractivity contribution in [1.82, 2.24) is 0 Å². The molecule has 0 heterocycles. The fraction of sp³-hybridized carbons (Fsp3) is 0.533. The van der Waals surface area contributed by atoms with E-state index >= 15 is 0 Å². The lowest BCUT2D eigenvalue weighted by Crippen LogP contribution is -2.27. The maximum absolute atomic E-state index is 9.03. The first-order valence-electron chi connectivity index (χ1n) is 6.21. The van der Waals surface area contributed by atoms with Gasteiger partial charge in [0.1, 0.15) is 0 Å². The van der Waals surface area contributed by atoms with Crippen LogP contribution < -0.4 is 4.90 Å². The molecule has 92 valence electrons. The van der Waals surface area contributed by atoms with Crippen LogP contribution in [0.5, 0.6) is 0 Å². The lowest BCUT2D eigenvalue weighted by molar-refractivity contribution is 0.451. The molecule has 0 aliphatic heterocycles. The minimum Gasteiger partial charge on any atom is -0.372 e. The van der Waals surface area contributed by atoms with E-state index < -0.39 is 0 Å². The van der Waals surface area contributed by atoms with Crippen LogP contribution in [0.3, 0.4) is 0 Å². The van der Waals surface area contributed by atoms with Crippen molar-refractivity contribution >= 4 is 5.69 Å². The number of benzene rings is 1. The van der Waals surface area contributed by atoms with Crippen molar-refractivity contribution in [2.75, 3.05) is 18.0 Å². The predicted molar refractivity (Wildman–Crippen MR) is 73.1 cm³/mol. The van der Waals surface area contributed by atoms with E-state index in [1.807, 2.05) is 13.8 Å². The fourth-order valence-corrected chi connectivity index (χ4v) is 1.76. The van der Waals surface area contributed by atoms with Crippen molar-refractivity contribution in [3.05, 3.63) is 29.8 Å². The Kier molecular flexibility index (Phi) is 4.57. The topological polar surface area (TPSA) is 27.0 Å². The van der Waals surface area contributed by atoms with Crippen molar-refractivity contribution in [1.29, 1.82) is 5.26 Å². The molecule has 17 heavy (non-hydrogen) atoms. The molecule has 2 heteroatoms. The molecular weight excluding hydrogens is 208 g/mol. The molecule has 0 saturated heterocycles. The van der Waals surface area contributed by atoms with Gasteiger partial charge >= 0.3 is 0 Å². The van der Waals surface area contributed by atoms with Gasteiger partial charge in [0.2, 0.25) is 0 Å². The molecule has 0 N–H and O–H groups in total. The van der Waals surface area contributed by atoms with Gasteiger partial charge in [-0.1, -0.05) is 12.1 Å². The number of rotatable bonds is 5. The molecule has 0 aliphatic carbocycles. The van der Waals surface area contributed by atoms with Crippen molar-refractivity contribution < 1.29 is 0 Å². The zero-order valence-electron chi connectivity index (χ0n) is 11.3. The van der Waals surface area contributed by atoms with Crippen molar-refractivity contribution in [3.63, 3.8) is 0 Å². The highest BCUT2D eigenvalue weighted by Crippen LogP contribution is 2.22. The number of nitrogens with zero attached hydrogens (tertiary/aromatic N) is 2. The highest BCUT2D eigenvalue weighted by molar-refractivity contribution is 5.48. The van der Waals surface area contributed by atoms with Crippen LogP contribution in [0.1, 0.15) is 32.8 Å². The lowest BCUT2D eigenvalue weighted by Gasteiger charge is -2.26. The number of anilines is 1. The Morgan fingerprint density at radius 3 is 2.59 bits per heavy atom. The van der Waals surface area contributed by atoms with Crippen LogP contribution in [0.15, 0.2) is 24.3 Å². The van der Waals surface area contributed by atoms with Gasteiger partial charge in [-0.05, 0) is 51.8 Å². The van der Waals surface area contributed by atoms with Crippen molar-refractivity contribution in [2.45, 2.75) is 34.1 Å². The molecule has 0 saturated carbocycles. The van der Waals surface area contributed by atoms with Gasteiger partial charge < -0.3 is 4.90 Å². The van der Waals surface area contributed by atoms with E-state index in [2.05, 4.69) is 49.1 Å². The third-order valence-corrected chi connectivity index (χ3v) is 3.06. The first-order valence-corrected chi connectivity index (χ1v) is 6.21. The number of nitriles is 1. The Bertz CT molecular complexity index is 402. The zero-order chi connectivity index (χ0) is 12.9. The average Bonchev–Trinajstić information content (AvgIpc) is 2.30. The highest BCUT2D eigenvalue weighted by atomic mass is 15.1. The molecule has 0 aliphatic rings. The normalized spacial score (nSPS) is 11.0. The van der Waals surface area contributed by atoms with Gasteiger partial charge in [-0.3, -0.25) is 0 Å². The Morgan fingerprint density at radius 2 is 2.06 bits per heavy atom. The Balaban J connectivity index is 2.70. The minimum atomic E-state index is -0.239. The van der Waals surface area contributed by atoms with E-state index in [9.17, 15) is 0 Å². The molecule has 0 fully saturated rings. The summed E-state index contributed by atoms with van der Waals surface area (Å²) in [5, 5.41) is 9.03. The van der Waals surface area contributed by atoms with E-state index in [4.69, 9.17) is 5.26 Å². The van der Waals surface area contributed by atoms with E-state index in [1.165, 1.54) is 11.3 Å². The van der Waals surface area contributed by atoms with E-state index in [1.54, 1.807) is 0 Å². The number of hydrogen-bond donors (Lipinski definition) is 0. The van der Waals surface area contributed by atoms with Crippen LogP contribution in [0.4, 0.5) is 5.69 Å². The minimum absolute atomic E-state index is 0.239. The molecule has 0 aromatic heterocycles. The molecule has 1 rings (SSSR count). The summed E-state index contributed by atoms with van der Waals surface area (Å²) in [6, 6.07) is 10.9. The third-order valence-electron chi connectivity index (χ3n) is 3.06. The van der Waals surface area contributed by atoms with E-state index in [0.29, 0.717) is 0 Å². The van der Waals surface area contributed by atoms with Crippen molar-refractivity contribution in [2.24, 2.45) is 5.41 Å². The maximum atomic E-state index is 9.03. The van der Waals surface area contributed by atoms with Crippen LogP contribution in [-0.2, 0) is 0 Å². The van der Waals surface area contributed by atoms with Crippen LogP contribution in [0, 0.1) is 23.7 Å². The average molecular weight is 230 g/mol. The van der Waals surface area contributed by atoms with Crippen LogP contribution in [0.2, 0.25) is 0 Å². The molecule has 0 radical (unpaired) electrons. The SMILES string of the molecule is CCN(CCC(C)(C)C#N)c1cccc(C)c1. The Morgan fingerprint density at radius 1 is 1.35 bits per heavy atom. The summed E-state index contributed by atoms with van der Waals surface area (Å²) in [6.45, 7) is 10.2. The first kappa shape index (κ1) is 13.6. The van der Waals surface area contributed by atoms with Gasteiger partial charge in [0.15, 0.2) is 0 Å². The summed E-state index contributed by atoms with van der Waals surface area (Å²) in [5.41, 5.74) is 2.29. The molecule has 0 spiro atoms. The molecular formula is C15H22N2. The van der Waals surface area contributed by atoms with E-state index in [-0.39, 0.29) is 5.41 Å². The maximum Gasteiger partial charge on any atom is 0.0684 e. The van der Waals surface area contributed by atoms with Crippen LogP contribution in [0.25, 0.3) is 0 Å². The third kappa shape index (κ3) is 4.11. The lowest BCUT2D eigenvalue weighted by atomic mass is 9.91. The molecule has 1 aromatic carbocycles. The van der Waals surface area contributed by atoms with Gasteiger partial charge in [-0.2, -0.15) is 5.26 Å². The van der Waals surface area contributed by atoms with Gasteiger partial charge in [0.05, 0.1) is 11.5 Å². The summed E-state index contributed by atoms with van der Waals surface area (Å²) in [6.07, 6.45) is 0.894. The second-order valence-corrected chi connectivity index (χ2v) is 5.16. The quantitative estimate of drug-likeness (QED) is 0.770. The van der Waals surface area contributed by atoms with Gasteiger partial charge in [0.25, 0.3) is 0 Å². The molecule has 0 atom stereocenters. The van der Waals surface area contributed by atoms with Gasteiger partial charge in [0, 0.05) is 18.8 Å². The largest absolute Gasteiger partial charge is 0.372 e. The smallest absolute Gasteiger partial charge is 0.0684 e. The summed E-state index contributed by atoms with van der Waals surface area (Å²) in [7, 11) is 0. The Hall–Kier alpha value is -1.49. The van der Waals surface area contributed by atoms with Crippen molar-refractivity contribution in [3.8, 4) is 6.07 Å². The molecule has 0 amide bonds. The molecule has 2 nitrogen and oxygen atoms in total. The monoisotopic (exact) mass is 230 g/mol. The van der Waals surface area contributed by atoms with Gasteiger partial charge in [-0.25, -0.2) is 0 Å². The van der Waals surface area contributed by atoms with Crippen LogP contribution in [-0.4, -0.2) is 13.1 Å². The number of hydrogen-bond acceptors (Lipinski definition) is 2. The summed E-state index contributed by atoms with van der Waals surface area (Å²) in [5.74, 6) is 0. The number of aryl methyl sites for hydroxylation is 1. The predicted octanol–water partition coefficient (Wildman–Crippen LogP) is 3.76. The second-order valence-electron chi connectivity index (χ2n) is 5.16. The fourth-order valence-electron chi connectivity index (χ4n) is 1.76.